The average Bonchev–Trinajstić information content (AvgIpc) is 3.02. The van der Waals surface area contributed by atoms with E-state index in [1.807, 2.05) is 0 Å². The molecule has 0 bridgehead atoms. The molecule has 1 atom stereocenters. The van der Waals surface area contributed by atoms with Gasteiger partial charge in [-0.2, -0.15) is 0 Å². The van der Waals surface area contributed by atoms with Gasteiger partial charge in [0.1, 0.15) is 0 Å². The normalized spacial score (nSPS) is 12.1. The molecule has 0 aliphatic carbocycles. The second-order valence-corrected chi connectivity index (χ2v) is 14.3. The Morgan fingerprint density at radius 2 is 0.622 bits per heavy atom. The maximum absolute atomic E-state index is 11.9. The fraction of sp³-hybridized carbons (Fsp3) is 0.976. The zero-order chi connectivity index (χ0) is 32.2. The topological polar surface area (TPSA) is 43.4 Å². The molecule has 0 saturated carbocycles. The first-order valence-electron chi connectivity index (χ1n) is 20.6. The van der Waals surface area contributed by atoms with Crippen LogP contribution in [0.4, 0.5) is 0 Å². The second kappa shape index (κ2) is 41.2. The third-order valence-electron chi connectivity index (χ3n) is 9.87. The second-order valence-electron chi connectivity index (χ2n) is 14.3. The van der Waals surface area contributed by atoms with Crippen LogP contribution in [0.25, 0.3) is 0 Å². The van der Waals surface area contributed by atoms with Gasteiger partial charge in [-0.15, -0.1) is 0 Å². The Hall–Kier alpha value is 1.07. The van der Waals surface area contributed by atoms with Crippen LogP contribution < -0.4 is 56.5 Å². The standard InChI is InChI=1S/C41H83NO2.K/c1-4-7-9-11-13-15-17-19-21-23-25-27-29-31-33-35-38-42(40(37-6-3)41(43)44)39-36-34-32-30-28-26-24-22-20-18-16-14-12-10-8-5-2;/h40H,4-39H2,1-3H3,(H,43,44);/q;+1/p-1. The van der Waals surface area contributed by atoms with E-state index in [1.54, 1.807) is 0 Å². The predicted molar refractivity (Wildman–Crippen MR) is 194 cm³/mol. The molecule has 0 aromatic rings. The van der Waals surface area contributed by atoms with E-state index in [2.05, 4.69) is 25.7 Å². The number of carbonyl (C=O) groups is 1. The molecule has 0 spiro atoms. The Balaban J connectivity index is 0. The van der Waals surface area contributed by atoms with E-state index in [9.17, 15) is 9.90 Å². The largest absolute Gasteiger partial charge is 1.00 e. The van der Waals surface area contributed by atoms with Crippen molar-refractivity contribution in [3.05, 3.63) is 0 Å². The number of aliphatic carboxylic acids is 1. The van der Waals surface area contributed by atoms with Crippen molar-refractivity contribution in [2.24, 2.45) is 0 Å². The van der Waals surface area contributed by atoms with Gasteiger partial charge < -0.3 is 9.90 Å². The summed E-state index contributed by atoms with van der Waals surface area (Å²) < 4.78 is 0. The van der Waals surface area contributed by atoms with E-state index in [4.69, 9.17) is 0 Å². The number of unbranched alkanes of at least 4 members (excludes halogenated alkanes) is 30. The van der Waals surface area contributed by atoms with Crippen LogP contribution in [0.2, 0.25) is 0 Å². The Kier molecular flexibility index (Phi) is 44.2. The van der Waals surface area contributed by atoms with E-state index in [1.165, 1.54) is 193 Å². The van der Waals surface area contributed by atoms with Crippen LogP contribution in [0, 0.1) is 0 Å². The molecule has 0 aliphatic rings. The molecule has 3 nitrogen and oxygen atoms in total. The Bertz CT molecular complexity index is 522. The third-order valence-corrected chi connectivity index (χ3v) is 9.87. The van der Waals surface area contributed by atoms with Crippen molar-refractivity contribution >= 4 is 5.97 Å². The monoisotopic (exact) mass is 660 g/mol. The SMILES string of the molecule is CCCCCCCCCCCCCCCCCCN(CCCCCCCCCCCCCCCCCC)C(CCC)C(=O)[O-].[K+]. The molecule has 1 unspecified atom stereocenters. The van der Waals surface area contributed by atoms with Crippen LogP contribution in [0.5, 0.6) is 0 Å². The van der Waals surface area contributed by atoms with E-state index in [0.717, 1.165) is 38.8 Å². The van der Waals surface area contributed by atoms with Crippen molar-refractivity contribution in [1.82, 2.24) is 4.90 Å². The zero-order valence-corrected chi connectivity index (χ0v) is 34.9. The number of carboxylic acid groups (broad SMARTS) is 1. The van der Waals surface area contributed by atoms with Crippen LogP contribution >= 0.6 is 0 Å². The summed E-state index contributed by atoms with van der Waals surface area (Å²) in [6.07, 6.45) is 45.6. The molecule has 45 heavy (non-hydrogen) atoms. The number of carboxylic acids is 1. The zero-order valence-electron chi connectivity index (χ0n) is 31.8. The molecule has 0 amide bonds. The third kappa shape index (κ3) is 36.2. The van der Waals surface area contributed by atoms with Gasteiger partial charge in [0.2, 0.25) is 0 Å². The van der Waals surface area contributed by atoms with Crippen molar-refractivity contribution in [3.8, 4) is 0 Å². The van der Waals surface area contributed by atoms with Crippen LogP contribution in [0.3, 0.4) is 0 Å². The fourth-order valence-electron chi connectivity index (χ4n) is 6.87. The number of rotatable bonds is 38. The molecule has 0 N–H and O–H groups in total. The maximum atomic E-state index is 11.9. The van der Waals surface area contributed by atoms with E-state index < -0.39 is 12.0 Å². The minimum atomic E-state index is -0.861. The summed E-state index contributed by atoms with van der Waals surface area (Å²) in [7, 11) is 0. The van der Waals surface area contributed by atoms with Gasteiger partial charge >= 0.3 is 51.4 Å². The maximum Gasteiger partial charge on any atom is 1.00 e. The predicted octanol–water partition coefficient (Wildman–Crippen LogP) is 9.73. The van der Waals surface area contributed by atoms with Gasteiger partial charge in [0.05, 0.1) is 5.97 Å². The van der Waals surface area contributed by atoms with Gasteiger partial charge in [-0.3, -0.25) is 4.90 Å². The summed E-state index contributed by atoms with van der Waals surface area (Å²) in [6.45, 7) is 8.53. The Morgan fingerprint density at radius 3 is 0.822 bits per heavy atom. The number of hydrogen-bond donors (Lipinski definition) is 0. The molecule has 264 valence electrons. The molecule has 0 saturated heterocycles. The van der Waals surface area contributed by atoms with Crippen molar-refractivity contribution in [3.63, 3.8) is 0 Å². The Morgan fingerprint density at radius 1 is 0.400 bits per heavy atom. The first kappa shape index (κ1) is 48.2. The average molecular weight is 660 g/mol. The van der Waals surface area contributed by atoms with Gasteiger partial charge in [0, 0.05) is 6.04 Å². The van der Waals surface area contributed by atoms with Crippen molar-refractivity contribution in [1.29, 1.82) is 0 Å². The molecule has 0 aliphatic heterocycles. The first-order valence-corrected chi connectivity index (χ1v) is 20.6. The fourth-order valence-corrected chi connectivity index (χ4v) is 6.87. The molecule has 4 heteroatoms. The van der Waals surface area contributed by atoms with Gasteiger partial charge in [0.15, 0.2) is 0 Å². The quantitative estimate of drug-likeness (QED) is 0.0490. The van der Waals surface area contributed by atoms with E-state index in [-0.39, 0.29) is 51.4 Å². The summed E-state index contributed by atoms with van der Waals surface area (Å²) in [6, 6.07) is -0.396. The van der Waals surface area contributed by atoms with Crippen LogP contribution in [0.1, 0.15) is 239 Å². The minimum absolute atomic E-state index is 0. The molecule has 0 aromatic heterocycles. The molecule has 0 rings (SSSR count). The van der Waals surface area contributed by atoms with Gasteiger partial charge in [-0.1, -0.05) is 220 Å². The van der Waals surface area contributed by atoms with Crippen molar-refractivity contribution in [2.45, 2.75) is 245 Å². The molecular formula is C41H82KNO2. The first-order chi connectivity index (χ1) is 21.7. The van der Waals surface area contributed by atoms with Gasteiger partial charge in [-0.25, -0.2) is 0 Å². The number of hydrogen-bond acceptors (Lipinski definition) is 3. The van der Waals surface area contributed by atoms with E-state index in [0.29, 0.717) is 0 Å². The van der Waals surface area contributed by atoms with Crippen LogP contribution in [-0.2, 0) is 4.79 Å². The molecule has 0 radical (unpaired) electrons. The summed E-state index contributed by atoms with van der Waals surface area (Å²) in [5.41, 5.74) is 0. The van der Waals surface area contributed by atoms with Crippen LogP contribution in [-0.4, -0.2) is 30.0 Å². The van der Waals surface area contributed by atoms with Crippen molar-refractivity contribution in [2.75, 3.05) is 13.1 Å². The number of nitrogens with zero attached hydrogens (tertiary/aromatic N) is 1. The smallest absolute Gasteiger partial charge is 0.548 e. The summed E-state index contributed by atoms with van der Waals surface area (Å²) >= 11 is 0. The summed E-state index contributed by atoms with van der Waals surface area (Å²) in [5.74, 6) is -0.861. The summed E-state index contributed by atoms with van der Waals surface area (Å²) in [4.78, 5) is 14.2. The van der Waals surface area contributed by atoms with Gasteiger partial charge in [0.25, 0.3) is 0 Å². The Labute approximate surface area is 327 Å². The molecule has 0 aromatic carbocycles. The molecular weight excluding hydrogens is 578 g/mol. The van der Waals surface area contributed by atoms with Gasteiger partial charge in [-0.05, 0) is 32.4 Å². The molecule has 0 fully saturated rings. The van der Waals surface area contributed by atoms with E-state index >= 15 is 0 Å². The number of carbonyl (C=O) groups excluding carboxylic acids is 1. The summed E-state index contributed by atoms with van der Waals surface area (Å²) in [5, 5.41) is 11.9. The minimum Gasteiger partial charge on any atom is -0.548 e. The molecule has 0 heterocycles. The van der Waals surface area contributed by atoms with Crippen LogP contribution in [0.15, 0.2) is 0 Å². The van der Waals surface area contributed by atoms with Crippen molar-refractivity contribution < 1.29 is 61.3 Å².